The molecule has 4 unspecified atom stereocenters. The molecule has 0 radical (unpaired) electrons. The molecule has 8 heteroatoms. The van der Waals surface area contributed by atoms with Gasteiger partial charge in [-0.1, -0.05) is 85.0 Å². The fraction of sp³-hybridized carbons (Fsp3) is 0.718. The number of rotatable bonds is 17. The highest BCUT2D eigenvalue weighted by molar-refractivity contribution is 5.98. The Balaban J connectivity index is 1.82. The zero-order valence-corrected chi connectivity index (χ0v) is 29.6. The van der Waals surface area contributed by atoms with Gasteiger partial charge in [0.1, 0.15) is 6.04 Å². The molecular weight excluding hydrogens is 586 g/mol. The van der Waals surface area contributed by atoms with Gasteiger partial charge in [0.05, 0.1) is 17.8 Å². The summed E-state index contributed by atoms with van der Waals surface area (Å²) in [5.41, 5.74) is 0.910. The number of urea groups is 1. The molecule has 3 rings (SSSR count). The van der Waals surface area contributed by atoms with E-state index in [1.54, 1.807) is 6.08 Å². The van der Waals surface area contributed by atoms with Crippen molar-refractivity contribution < 1.29 is 14.4 Å². The van der Waals surface area contributed by atoms with Crippen LogP contribution in [0.25, 0.3) is 0 Å². The van der Waals surface area contributed by atoms with E-state index in [-0.39, 0.29) is 47.3 Å². The zero-order chi connectivity index (χ0) is 34.3. The fourth-order valence-corrected chi connectivity index (χ4v) is 7.88. The molecule has 1 heterocycles. The second kappa shape index (κ2) is 19.6. The van der Waals surface area contributed by atoms with Crippen LogP contribution in [-0.2, 0) is 9.59 Å². The second-order valence-corrected chi connectivity index (χ2v) is 14.5. The van der Waals surface area contributed by atoms with Gasteiger partial charge in [-0.2, -0.15) is 0 Å². The largest absolute Gasteiger partial charge is 0.379 e. The maximum absolute atomic E-state index is 14.7. The SMILES string of the molecule is C#CCCC(NC(=C)C1C[C@@H](C(C)C)CN1C(=O)C(NC(=O)NC(CC)C1CCCCCC1)C1CCCCC1)C(=O)C(=C)NCC=C. The van der Waals surface area contributed by atoms with Crippen molar-refractivity contribution in [3.63, 3.8) is 0 Å². The first-order valence-corrected chi connectivity index (χ1v) is 18.4. The molecule has 0 aromatic carbocycles. The third kappa shape index (κ3) is 11.2. The van der Waals surface area contributed by atoms with E-state index in [4.69, 9.17) is 6.42 Å². The summed E-state index contributed by atoms with van der Waals surface area (Å²) in [5, 5.41) is 12.9. The molecular formula is C39H63N5O3. The van der Waals surface area contributed by atoms with Crippen LogP contribution in [0.1, 0.15) is 117 Å². The van der Waals surface area contributed by atoms with E-state index >= 15 is 0 Å². The number of terminal acetylenes is 1. The van der Waals surface area contributed by atoms with Crippen LogP contribution in [-0.4, -0.2) is 59.9 Å². The minimum Gasteiger partial charge on any atom is -0.379 e. The number of amides is 3. The van der Waals surface area contributed by atoms with Crippen molar-refractivity contribution in [2.24, 2.45) is 23.7 Å². The van der Waals surface area contributed by atoms with Gasteiger partial charge in [0, 0.05) is 31.2 Å². The van der Waals surface area contributed by atoms with Crippen LogP contribution >= 0.6 is 0 Å². The standard InChI is InChI=1S/C39H63N5O3/c1-8-11-23-34(37(45)29(7)40-24-9-2)41-28(6)35-25-32(27(4)5)26-44(35)38(46)36(31-21-17-14-18-22-31)43-39(47)42-33(10-3)30-19-15-12-13-16-20-30/h1,9,27,30-36,40-41H,2,6-7,10-26H2,3-5H3,(H2,42,43,47)/t32-,33?,34?,35?,36?/m1/s1. The quantitative estimate of drug-likeness (QED) is 0.0616. The number of nitrogens with zero attached hydrogens (tertiary/aromatic N) is 1. The molecule has 3 amide bonds. The third-order valence-corrected chi connectivity index (χ3v) is 10.9. The topological polar surface area (TPSA) is 103 Å². The highest BCUT2D eigenvalue weighted by Crippen LogP contribution is 2.35. The molecule has 3 aliphatic rings. The van der Waals surface area contributed by atoms with Crippen molar-refractivity contribution in [1.29, 1.82) is 0 Å². The summed E-state index contributed by atoms with van der Waals surface area (Å²) in [7, 11) is 0. The van der Waals surface area contributed by atoms with E-state index in [0.717, 1.165) is 57.8 Å². The van der Waals surface area contributed by atoms with Crippen molar-refractivity contribution in [3.05, 3.63) is 37.2 Å². The molecule has 47 heavy (non-hydrogen) atoms. The summed E-state index contributed by atoms with van der Waals surface area (Å²) < 4.78 is 0. The Hall–Kier alpha value is -3.21. The highest BCUT2D eigenvalue weighted by Gasteiger charge is 2.43. The van der Waals surface area contributed by atoms with Crippen LogP contribution in [0.15, 0.2) is 37.2 Å². The molecule has 0 spiro atoms. The lowest BCUT2D eigenvalue weighted by molar-refractivity contribution is -0.135. The van der Waals surface area contributed by atoms with Crippen molar-refractivity contribution in [2.45, 2.75) is 141 Å². The minimum absolute atomic E-state index is 0.0470. The molecule has 0 aromatic rings. The average Bonchev–Trinajstić information content (AvgIpc) is 3.36. The van der Waals surface area contributed by atoms with E-state index < -0.39 is 12.1 Å². The number of hydrogen-bond acceptors (Lipinski definition) is 5. The van der Waals surface area contributed by atoms with Crippen LogP contribution in [0.3, 0.4) is 0 Å². The van der Waals surface area contributed by atoms with Gasteiger partial charge >= 0.3 is 6.03 Å². The number of nitrogens with one attached hydrogen (secondary N) is 4. The highest BCUT2D eigenvalue weighted by atomic mass is 16.2. The van der Waals surface area contributed by atoms with E-state index in [1.807, 2.05) is 4.90 Å². The van der Waals surface area contributed by atoms with Crippen LogP contribution in [0.4, 0.5) is 4.79 Å². The number of carbonyl (C=O) groups is 3. The second-order valence-electron chi connectivity index (χ2n) is 14.5. The van der Waals surface area contributed by atoms with Gasteiger partial charge in [-0.15, -0.1) is 18.9 Å². The number of ketones is 1. The lowest BCUT2D eigenvalue weighted by atomic mass is 9.83. The minimum atomic E-state index is -0.619. The van der Waals surface area contributed by atoms with Crippen LogP contribution in [0, 0.1) is 36.0 Å². The van der Waals surface area contributed by atoms with Gasteiger partial charge in [-0.25, -0.2) is 4.79 Å². The molecule has 2 aliphatic carbocycles. The van der Waals surface area contributed by atoms with Crippen LogP contribution < -0.4 is 21.3 Å². The summed E-state index contributed by atoms with van der Waals surface area (Å²) in [6, 6.07) is -1.66. The number of Topliss-reactive ketones (excluding diaryl/α,β-unsaturated/α-hetero) is 1. The summed E-state index contributed by atoms with van der Waals surface area (Å²) >= 11 is 0. The monoisotopic (exact) mass is 649 g/mol. The predicted molar refractivity (Wildman–Crippen MR) is 192 cm³/mol. The predicted octanol–water partition coefficient (Wildman–Crippen LogP) is 6.60. The molecule has 5 atom stereocenters. The normalized spacial score (nSPS) is 22.7. The molecule has 8 nitrogen and oxygen atoms in total. The van der Waals surface area contributed by atoms with Crippen molar-refractivity contribution >= 4 is 17.7 Å². The number of likely N-dealkylation sites (tertiary alicyclic amines) is 1. The van der Waals surface area contributed by atoms with Gasteiger partial charge in [0.2, 0.25) is 5.91 Å². The van der Waals surface area contributed by atoms with Crippen LogP contribution in [0.2, 0.25) is 0 Å². The van der Waals surface area contributed by atoms with Crippen molar-refractivity contribution in [1.82, 2.24) is 26.2 Å². The summed E-state index contributed by atoms with van der Waals surface area (Å²) in [5.74, 6) is 3.61. The lowest BCUT2D eigenvalue weighted by Crippen LogP contribution is -2.58. The fourth-order valence-electron chi connectivity index (χ4n) is 7.88. The summed E-state index contributed by atoms with van der Waals surface area (Å²) in [6.07, 6.45) is 22.1. The van der Waals surface area contributed by atoms with Gasteiger partial charge in [-0.3, -0.25) is 9.59 Å². The molecule has 2 saturated carbocycles. The molecule has 4 N–H and O–H groups in total. The van der Waals surface area contributed by atoms with E-state index in [1.165, 1.54) is 25.7 Å². The van der Waals surface area contributed by atoms with Crippen molar-refractivity contribution in [3.8, 4) is 12.3 Å². The Morgan fingerprint density at radius 3 is 2.11 bits per heavy atom. The molecule has 262 valence electrons. The van der Waals surface area contributed by atoms with Gasteiger partial charge in [-0.05, 0) is 68.6 Å². The van der Waals surface area contributed by atoms with Gasteiger partial charge in [0.15, 0.2) is 5.78 Å². The zero-order valence-electron chi connectivity index (χ0n) is 29.6. The average molecular weight is 650 g/mol. The Morgan fingerprint density at radius 1 is 0.915 bits per heavy atom. The van der Waals surface area contributed by atoms with Gasteiger partial charge < -0.3 is 26.2 Å². The Kier molecular flexibility index (Phi) is 15.9. The van der Waals surface area contributed by atoms with E-state index in [0.29, 0.717) is 43.5 Å². The van der Waals surface area contributed by atoms with Crippen LogP contribution in [0.5, 0.6) is 0 Å². The number of carbonyl (C=O) groups excluding carboxylic acids is 3. The smallest absolute Gasteiger partial charge is 0.315 e. The molecule has 0 bridgehead atoms. The summed E-state index contributed by atoms with van der Waals surface area (Å²) in [4.78, 5) is 43.6. The first-order chi connectivity index (χ1) is 22.6. The molecule has 0 aromatic heterocycles. The number of hydrogen-bond donors (Lipinski definition) is 4. The van der Waals surface area contributed by atoms with Crippen molar-refractivity contribution in [2.75, 3.05) is 13.1 Å². The molecule has 1 saturated heterocycles. The first-order valence-electron chi connectivity index (χ1n) is 18.4. The molecule has 3 fully saturated rings. The summed E-state index contributed by atoms with van der Waals surface area (Å²) in [6.45, 7) is 19.5. The maximum Gasteiger partial charge on any atom is 0.315 e. The lowest BCUT2D eigenvalue weighted by Gasteiger charge is -2.36. The first kappa shape index (κ1) is 38.2. The Bertz CT molecular complexity index is 1110. The van der Waals surface area contributed by atoms with Gasteiger partial charge in [0.25, 0.3) is 0 Å². The van der Waals surface area contributed by atoms with E-state index in [2.05, 4.69) is 67.7 Å². The third-order valence-electron chi connectivity index (χ3n) is 10.9. The Labute approximate surface area is 285 Å². The van der Waals surface area contributed by atoms with E-state index in [9.17, 15) is 14.4 Å². The Morgan fingerprint density at radius 2 is 1.53 bits per heavy atom. The maximum atomic E-state index is 14.7. The molecule has 1 aliphatic heterocycles.